The zero-order valence-corrected chi connectivity index (χ0v) is 12.4. The van der Waals surface area contributed by atoms with Gasteiger partial charge in [-0.1, -0.05) is 48.0 Å². The van der Waals surface area contributed by atoms with Crippen LogP contribution in [0.1, 0.15) is 16.1 Å². The number of amides is 1. The highest BCUT2D eigenvalue weighted by Gasteiger charge is 2.16. The van der Waals surface area contributed by atoms with Crippen molar-refractivity contribution in [3.63, 3.8) is 0 Å². The van der Waals surface area contributed by atoms with Crippen molar-refractivity contribution in [2.24, 2.45) is 0 Å². The van der Waals surface area contributed by atoms with Gasteiger partial charge in [0.05, 0.1) is 10.4 Å². The van der Waals surface area contributed by atoms with Gasteiger partial charge < -0.3 is 5.32 Å². The van der Waals surface area contributed by atoms with Gasteiger partial charge in [-0.3, -0.25) is 4.79 Å². The lowest BCUT2D eigenvalue weighted by Crippen LogP contribution is -2.13. The van der Waals surface area contributed by atoms with E-state index < -0.39 is 0 Å². The molecule has 0 bridgehead atoms. The third-order valence-electron chi connectivity index (χ3n) is 3.13. The van der Waals surface area contributed by atoms with Crippen molar-refractivity contribution in [3.8, 4) is 10.4 Å². The molecule has 1 amide bonds. The van der Waals surface area contributed by atoms with Gasteiger partial charge in [-0.05, 0) is 24.6 Å². The van der Waals surface area contributed by atoms with Crippen LogP contribution in [0.3, 0.4) is 0 Å². The smallest absolute Gasteiger partial charge is 0.275 e. The topological polar surface area (TPSA) is 42.0 Å². The molecule has 3 nitrogen and oxygen atoms in total. The van der Waals surface area contributed by atoms with Crippen LogP contribution >= 0.6 is 11.3 Å². The molecule has 0 saturated heterocycles. The van der Waals surface area contributed by atoms with E-state index in [9.17, 15) is 4.79 Å². The predicted octanol–water partition coefficient (Wildman–Crippen LogP) is 4.37. The van der Waals surface area contributed by atoms with Gasteiger partial charge in [-0.2, -0.15) is 0 Å². The van der Waals surface area contributed by atoms with Crippen LogP contribution in [0, 0.1) is 6.92 Å². The van der Waals surface area contributed by atoms with Gasteiger partial charge in [-0.25, -0.2) is 4.98 Å². The zero-order chi connectivity index (χ0) is 14.7. The van der Waals surface area contributed by atoms with Gasteiger partial charge in [0, 0.05) is 5.69 Å². The quantitative estimate of drug-likeness (QED) is 0.779. The number of aryl methyl sites for hydroxylation is 1. The lowest BCUT2D eigenvalue weighted by Gasteiger charge is -2.05. The summed E-state index contributed by atoms with van der Waals surface area (Å²) in [5.41, 5.74) is 5.11. The van der Waals surface area contributed by atoms with Crippen molar-refractivity contribution in [2.75, 3.05) is 5.32 Å². The number of hydrogen-bond donors (Lipinski definition) is 1. The van der Waals surface area contributed by atoms with E-state index in [1.165, 1.54) is 11.3 Å². The second-order valence-electron chi connectivity index (χ2n) is 4.72. The van der Waals surface area contributed by atoms with Crippen molar-refractivity contribution in [1.82, 2.24) is 4.98 Å². The normalized spacial score (nSPS) is 10.3. The number of anilines is 1. The van der Waals surface area contributed by atoms with Gasteiger partial charge in [0.2, 0.25) is 0 Å². The highest BCUT2D eigenvalue weighted by Crippen LogP contribution is 2.27. The molecule has 1 aromatic heterocycles. The van der Waals surface area contributed by atoms with Crippen molar-refractivity contribution in [2.45, 2.75) is 6.92 Å². The van der Waals surface area contributed by atoms with Gasteiger partial charge in [-0.15, -0.1) is 11.3 Å². The number of thiazole rings is 1. The summed E-state index contributed by atoms with van der Waals surface area (Å²) in [5, 5.41) is 2.89. The molecule has 3 rings (SSSR count). The summed E-state index contributed by atoms with van der Waals surface area (Å²) in [6.45, 7) is 2.01. The van der Waals surface area contributed by atoms with Crippen LogP contribution in [-0.2, 0) is 0 Å². The average Bonchev–Trinajstić information content (AvgIpc) is 3.00. The Balaban J connectivity index is 1.86. The molecule has 21 heavy (non-hydrogen) atoms. The van der Waals surface area contributed by atoms with E-state index in [4.69, 9.17) is 0 Å². The summed E-state index contributed by atoms with van der Waals surface area (Å²) in [5.74, 6) is -0.182. The third kappa shape index (κ3) is 3.01. The van der Waals surface area contributed by atoms with Crippen molar-refractivity contribution >= 4 is 22.9 Å². The molecule has 0 aliphatic carbocycles. The first-order chi connectivity index (χ1) is 10.2. The van der Waals surface area contributed by atoms with E-state index in [-0.39, 0.29) is 5.91 Å². The minimum Gasteiger partial charge on any atom is -0.321 e. The van der Waals surface area contributed by atoms with Crippen LogP contribution in [0.25, 0.3) is 10.4 Å². The Kier molecular flexibility index (Phi) is 3.79. The first-order valence-corrected chi connectivity index (χ1v) is 7.49. The number of carbonyl (C=O) groups is 1. The van der Waals surface area contributed by atoms with E-state index >= 15 is 0 Å². The fourth-order valence-electron chi connectivity index (χ4n) is 2.03. The molecule has 104 valence electrons. The Labute approximate surface area is 127 Å². The van der Waals surface area contributed by atoms with Crippen molar-refractivity contribution < 1.29 is 4.79 Å². The Bertz CT molecular complexity index is 748. The highest BCUT2D eigenvalue weighted by molar-refractivity contribution is 7.13. The van der Waals surface area contributed by atoms with E-state index in [2.05, 4.69) is 10.3 Å². The maximum Gasteiger partial charge on any atom is 0.275 e. The number of rotatable bonds is 3. The van der Waals surface area contributed by atoms with Crippen molar-refractivity contribution in [3.05, 3.63) is 71.4 Å². The lowest BCUT2D eigenvalue weighted by molar-refractivity contribution is 0.102. The minimum absolute atomic E-state index is 0.182. The molecule has 0 unspecified atom stereocenters. The Morgan fingerprint density at radius 1 is 1.05 bits per heavy atom. The van der Waals surface area contributed by atoms with E-state index in [1.54, 1.807) is 5.51 Å². The number of carbonyl (C=O) groups excluding carboxylic acids is 1. The number of nitrogens with zero attached hydrogens (tertiary/aromatic N) is 1. The molecule has 2 aromatic carbocycles. The molecule has 0 radical (unpaired) electrons. The lowest BCUT2D eigenvalue weighted by atomic mass is 10.1. The van der Waals surface area contributed by atoms with Crippen LogP contribution in [-0.4, -0.2) is 10.9 Å². The molecular weight excluding hydrogens is 280 g/mol. The monoisotopic (exact) mass is 294 g/mol. The predicted molar refractivity (Wildman–Crippen MR) is 86.7 cm³/mol. The largest absolute Gasteiger partial charge is 0.321 e. The van der Waals surface area contributed by atoms with Crippen molar-refractivity contribution in [1.29, 1.82) is 0 Å². The first kappa shape index (κ1) is 13.5. The summed E-state index contributed by atoms with van der Waals surface area (Å²) >= 11 is 1.47. The third-order valence-corrected chi connectivity index (χ3v) is 4.00. The first-order valence-electron chi connectivity index (χ1n) is 6.61. The number of hydrogen-bond acceptors (Lipinski definition) is 3. The standard InChI is InChI=1S/C17H14N2OS/c1-12-7-9-14(10-8-12)19-17(20)15-16(21-11-18-15)13-5-3-2-4-6-13/h2-11H,1H3,(H,19,20). The molecule has 0 atom stereocenters. The van der Waals surface area contributed by atoms with E-state index in [1.807, 2.05) is 61.5 Å². The zero-order valence-electron chi connectivity index (χ0n) is 11.5. The summed E-state index contributed by atoms with van der Waals surface area (Å²) in [6, 6.07) is 17.5. The molecule has 1 heterocycles. The summed E-state index contributed by atoms with van der Waals surface area (Å²) in [6.07, 6.45) is 0. The van der Waals surface area contributed by atoms with E-state index in [0.29, 0.717) is 5.69 Å². The summed E-state index contributed by atoms with van der Waals surface area (Å²) in [7, 11) is 0. The Morgan fingerprint density at radius 3 is 2.48 bits per heavy atom. The molecule has 3 aromatic rings. The summed E-state index contributed by atoms with van der Waals surface area (Å²) < 4.78 is 0. The molecule has 0 aliphatic heterocycles. The molecule has 1 N–H and O–H groups in total. The van der Waals surface area contributed by atoms with Crippen LogP contribution in [0.4, 0.5) is 5.69 Å². The van der Waals surface area contributed by atoms with Gasteiger partial charge in [0.25, 0.3) is 5.91 Å². The molecule has 0 aliphatic rings. The van der Waals surface area contributed by atoms with Crippen LogP contribution in [0.2, 0.25) is 0 Å². The number of aromatic nitrogens is 1. The Hall–Kier alpha value is -2.46. The fourth-order valence-corrected chi connectivity index (χ4v) is 2.82. The van der Waals surface area contributed by atoms with Gasteiger partial charge in [0.15, 0.2) is 0 Å². The maximum absolute atomic E-state index is 12.4. The Morgan fingerprint density at radius 2 is 1.76 bits per heavy atom. The summed E-state index contributed by atoms with van der Waals surface area (Å²) in [4.78, 5) is 17.5. The maximum atomic E-state index is 12.4. The fraction of sp³-hybridized carbons (Fsp3) is 0.0588. The molecular formula is C17H14N2OS. The average molecular weight is 294 g/mol. The van der Waals surface area contributed by atoms with Crippen LogP contribution in [0.15, 0.2) is 60.1 Å². The second-order valence-corrected chi connectivity index (χ2v) is 5.57. The molecule has 0 saturated carbocycles. The number of nitrogens with one attached hydrogen (secondary N) is 1. The highest BCUT2D eigenvalue weighted by atomic mass is 32.1. The van der Waals surface area contributed by atoms with E-state index in [0.717, 1.165) is 21.7 Å². The molecule has 4 heteroatoms. The van der Waals surface area contributed by atoms with Gasteiger partial charge in [0.1, 0.15) is 5.69 Å². The minimum atomic E-state index is -0.182. The SMILES string of the molecule is Cc1ccc(NC(=O)c2ncsc2-c2ccccc2)cc1. The number of benzene rings is 2. The van der Waals surface area contributed by atoms with Gasteiger partial charge >= 0.3 is 0 Å². The van der Waals surface area contributed by atoms with Crippen LogP contribution < -0.4 is 5.32 Å². The van der Waals surface area contributed by atoms with Crippen LogP contribution in [0.5, 0.6) is 0 Å². The second kappa shape index (κ2) is 5.89. The molecule has 0 spiro atoms. The molecule has 0 fully saturated rings.